The molecule has 0 aliphatic carbocycles. The second kappa shape index (κ2) is 7.62. The highest BCUT2D eigenvalue weighted by molar-refractivity contribution is 5.99. The highest BCUT2D eigenvalue weighted by Gasteiger charge is 2.33. The van der Waals surface area contributed by atoms with Crippen LogP contribution in [0.5, 0.6) is 0 Å². The molecule has 8 nitrogen and oxygen atoms in total. The monoisotopic (exact) mass is 408 g/mol. The van der Waals surface area contributed by atoms with E-state index in [1.54, 1.807) is 24.3 Å². The fourth-order valence-corrected chi connectivity index (χ4v) is 3.61. The molecular formula is C22H20N2O6. The van der Waals surface area contributed by atoms with Crippen molar-refractivity contribution in [1.82, 2.24) is 10.1 Å². The van der Waals surface area contributed by atoms with Crippen molar-refractivity contribution in [2.45, 2.75) is 39.8 Å². The number of benzene rings is 2. The van der Waals surface area contributed by atoms with Crippen molar-refractivity contribution in [3.63, 3.8) is 0 Å². The van der Waals surface area contributed by atoms with Gasteiger partial charge in [0.05, 0.1) is 25.9 Å². The quantitative estimate of drug-likeness (QED) is 0.755. The summed E-state index contributed by atoms with van der Waals surface area (Å²) >= 11 is 0. The summed E-state index contributed by atoms with van der Waals surface area (Å²) in [6.45, 7) is 4.12. The van der Waals surface area contributed by atoms with E-state index in [-0.39, 0.29) is 37.7 Å². The van der Waals surface area contributed by atoms with Gasteiger partial charge in [0.25, 0.3) is 11.8 Å². The third-order valence-electron chi connectivity index (χ3n) is 5.30. The van der Waals surface area contributed by atoms with Crippen molar-refractivity contribution in [2.75, 3.05) is 0 Å². The van der Waals surface area contributed by atoms with E-state index in [1.165, 1.54) is 0 Å². The minimum absolute atomic E-state index is 0.177. The first kappa shape index (κ1) is 19.6. The smallest absolute Gasteiger partial charge is 0.333 e. The Hall–Kier alpha value is -3.68. The van der Waals surface area contributed by atoms with Crippen LogP contribution in [0.2, 0.25) is 0 Å². The Morgan fingerprint density at radius 2 is 1.17 bits per heavy atom. The summed E-state index contributed by atoms with van der Waals surface area (Å²) in [7, 11) is 0. The molecule has 0 saturated heterocycles. The van der Waals surface area contributed by atoms with E-state index >= 15 is 0 Å². The Balaban J connectivity index is 1.28. The first-order chi connectivity index (χ1) is 14.3. The maximum Gasteiger partial charge on any atom is 0.333 e. The van der Waals surface area contributed by atoms with Gasteiger partial charge in [-0.1, -0.05) is 24.3 Å². The molecule has 0 fully saturated rings. The molecule has 8 heteroatoms. The normalized spacial score (nSPS) is 14.6. The number of rotatable bonds is 5. The third kappa shape index (κ3) is 3.52. The summed E-state index contributed by atoms with van der Waals surface area (Å²) in [6.07, 6.45) is -0.544. The highest BCUT2D eigenvalue weighted by Crippen LogP contribution is 2.27. The first-order valence-corrected chi connectivity index (χ1v) is 9.57. The maximum absolute atomic E-state index is 12.3. The fourth-order valence-electron chi connectivity index (χ4n) is 3.61. The minimum Gasteiger partial charge on any atom is -0.338 e. The van der Waals surface area contributed by atoms with Crippen LogP contribution in [-0.2, 0) is 32.4 Å². The number of amides is 2. The van der Waals surface area contributed by atoms with E-state index in [2.05, 4.69) is 0 Å². The van der Waals surface area contributed by atoms with E-state index < -0.39 is 11.9 Å². The molecule has 0 N–H and O–H groups in total. The standard InChI is InChI=1S/C22H20N2O6/c1-13-5-3-7-15-17(13)11-23(21(15)27)29-19(25)9-10-20(26)30-24-12-18-14(2)6-4-8-16(18)22(24)28/h3-8H,9-12H2,1-2H3. The molecule has 2 aromatic carbocycles. The van der Waals surface area contributed by atoms with Crippen LogP contribution < -0.4 is 0 Å². The zero-order valence-electron chi connectivity index (χ0n) is 16.6. The second-order valence-electron chi connectivity index (χ2n) is 7.31. The number of hydrogen-bond donors (Lipinski definition) is 0. The minimum atomic E-state index is -0.724. The van der Waals surface area contributed by atoms with Crippen LogP contribution in [0.1, 0.15) is 55.8 Å². The molecule has 2 aliphatic rings. The fraction of sp³-hybridized carbons (Fsp3) is 0.273. The zero-order chi connectivity index (χ0) is 21.4. The number of aryl methyl sites for hydroxylation is 2. The van der Waals surface area contributed by atoms with Gasteiger partial charge in [0, 0.05) is 11.1 Å². The van der Waals surface area contributed by atoms with Gasteiger partial charge in [-0.2, -0.15) is 10.1 Å². The number of hydrogen-bond acceptors (Lipinski definition) is 6. The molecule has 0 radical (unpaired) electrons. The zero-order valence-corrected chi connectivity index (χ0v) is 16.6. The molecule has 2 heterocycles. The van der Waals surface area contributed by atoms with Crippen molar-refractivity contribution < 1.29 is 28.9 Å². The SMILES string of the molecule is Cc1cccc2c1CN(OC(=O)CCC(=O)ON1Cc3c(C)cccc3C1=O)C2=O. The third-order valence-corrected chi connectivity index (χ3v) is 5.30. The number of carbonyl (C=O) groups excluding carboxylic acids is 4. The number of nitrogens with zero attached hydrogens (tertiary/aromatic N) is 2. The van der Waals surface area contributed by atoms with Gasteiger partial charge in [0.1, 0.15) is 0 Å². The van der Waals surface area contributed by atoms with E-state index in [9.17, 15) is 19.2 Å². The summed E-state index contributed by atoms with van der Waals surface area (Å²) in [5, 5.41) is 1.99. The molecule has 2 aliphatic heterocycles. The lowest BCUT2D eigenvalue weighted by Gasteiger charge is -2.16. The molecule has 0 aromatic heterocycles. The number of hydroxylamine groups is 4. The van der Waals surface area contributed by atoms with Gasteiger partial charge in [-0.15, -0.1) is 0 Å². The van der Waals surface area contributed by atoms with Crippen LogP contribution in [-0.4, -0.2) is 33.9 Å². The average molecular weight is 408 g/mol. The van der Waals surface area contributed by atoms with Gasteiger partial charge in [-0.3, -0.25) is 9.59 Å². The molecule has 30 heavy (non-hydrogen) atoms. The lowest BCUT2D eigenvalue weighted by molar-refractivity contribution is -0.185. The van der Waals surface area contributed by atoms with E-state index in [0.29, 0.717) is 11.1 Å². The summed E-state index contributed by atoms with van der Waals surface area (Å²) in [4.78, 5) is 59.1. The number of carbonyl (C=O) groups is 4. The molecular weight excluding hydrogens is 388 g/mol. The van der Waals surface area contributed by atoms with Crippen LogP contribution in [0.15, 0.2) is 36.4 Å². The van der Waals surface area contributed by atoms with Crippen LogP contribution in [0.3, 0.4) is 0 Å². The largest absolute Gasteiger partial charge is 0.338 e. The van der Waals surface area contributed by atoms with Crippen molar-refractivity contribution in [3.05, 3.63) is 69.8 Å². The second-order valence-corrected chi connectivity index (χ2v) is 7.31. The molecule has 0 saturated carbocycles. The van der Waals surface area contributed by atoms with Crippen LogP contribution in [0.25, 0.3) is 0 Å². The Kier molecular flexibility index (Phi) is 4.99. The van der Waals surface area contributed by atoms with Crippen molar-refractivity contribution in [3.8, 4) is 0 Å². The van der Waals surface area contributed by atoms with Crippen molar-refractivity contribution in [1.29, 1.82) is 0 Å². The summed E-state index contributed by atoms with van der Waals surface area (Å²) in [5.74, 6) is -2.23. The first-order valence-electron chi connectivity index (χ1n) is 9.57. The molecule has 0 atom stereocenters. The predicted molar refractivity (Wildman–Crippen MR) is 104 cm³/mol. The molecule has 4 rings (SSSR count). The molecule has 0 spiro atoms. The van der Waals surface area contributed by atoms with Crippen LogP contribution >= 0.6 is 0 Å². The molecule has 2 amide bonds. The Morgan fingerprint density at radius 1 is 0.767 bits per heavy atom. The van der Waals surface area contributed by atoms with Gasteiger partial charge in [0.15, 0.2) is 0 Å². The predicted octanol–water partition coefficient (Wildman–Crippen LogP) is 2.61. The molecule has 0 bridgehead atoms. The van der Waals surface area contributed by atoms with Gasteiger partial charge < -0.3 is 9.68 Å². The van der Waals surface area contributed by atoms with Gasteiger partial charge in [0.2, 0.25) is 0 Å². The van der Waals surface area contributed by atoms with Crippen molar-refractivity contribution in [2.24, 2.45) is 0 Å². The van der Waals surface area contributed by atoms with E-state index in [1.807, 2.05) is 26.0 Å². The molecule has 154 valence electrons. The Labute approximate surface area is 172 Å². The Morgan fingerprint density at radius 3 is 1.53 bits per heavy atom. The topological polar surface area (TPSA) is 93.2 Å². The maximum atomic E-state index is 12.3. The lowest BCUT2D eigenvalue weighted by Crippen LogP contribution is -2.29. The molecule has 0 unspecified atom stereocenters. The molecule has 2 aromatic rings. The van der Waals surface area contributed by atoms with Crippen LogP contribution in [0, 0.1) is 13.8 Å². The summed E-state index contributed by atoms with van der Waals surface area (Å²) in [5.41, 5.74) is 4.52. The van der Waals surface area contributed by atoms with E-state index in [0.717, 1.165) is 32.4 Å². The van der Waals surface area contributed by atoms with Gasteiger partial charge in [-0.05, 0) is 48.2 Å². The van der Waals surface area contributed by atoms with Crippen LogP contribution in [0.4, 0.5) is 0 Å². The highest BCUT2D eigenvalue weighted by atomic mass is 16.7. The van der Waals surface area contributed by atoms with Crippen molar-refractivity contribution >= 4 is 23.8 Å². The lowest BCUT2D eigenvalue weighted by atomic mass is 10.1. The Bertz CT molecular complexity index is 992. The summed E-state index contributed by atoms with van der Waals surface area (Å²) < 4.78 is 0. The number of fused-ring (bicyclic) bond motifs is 2. The van der Waals surface area contributed by atoms with Gasteiger partial charge >= 0.3 is 11.9 Å². The summed E-state index contributed by atoms with van der Waals surface area (Å²) in [6, 6.07) is 10.7. The van der Waals surface area contributed by atoms with E-state index in [4.69, 9.17) is 9.68 Å². The van der Waals surface area contributed by atoms with Gasteiger partial charge in [-0.25, -0.2) is 9.59 Å². The average Bonchev–Trinajstić information content (AvgIpc) is 3.20.